The minimum atomic E-state index is -3.52. The van der Waals surface area contributed by atoms with Crippen molar-refractivity contribution in [2.75, 3.05) is 20.2 Å². The second-order valence-electron chi connectivity index (χ2n) is 7.46. The average molecular weight is 478 g/mol. The van der Waals surface area contributed by atoms with Crippen LogP contribution >= 0.6 is 11.8 Å². The summed E-state index contributed by atoms with van der Waals surface area (Å²) < 4.78 is 31.6. The third-order valence-corrected chi connectivity index (χ3v) is 8.10. The van der Waals surface area contributed by atoms with E-state index in [4.69, 9.17) is 0 Å². The van der Waals surface area contributed by atoms with E-state index >= 15 is 0 Å². The lowest BCUT2D eigenvalue weighted by atomic mass is 10.1. The highest BCUT2D eigenvalue weighted by Crippen LogP contribution is 2.25. The zero-order valence-electron chi connectivity index (χ0n) is 18.1. The van der Waals surface area contributed by atoms with Crippen molar-refractivity contribution >= 4 is 33.7 Å². The zero-order valence-corrected chi connectivity index (χ0v) is 19.7. The molecule has 1 saturated heterocycles. The largest absolute Gasteiger partial charge is 0.465 e. The third-order valence-electron chi connectivity index (χ3n) is 5.17. The van der Waals surface area contributed by atoms with Crippen molar-refractivity contribution in [1.29, 1.82) is 0 Å². The lowest BCUT2D eigenvalue weighted by Gasteiger charge is -2.25. The van der Waals surface area contributed by atoms with Crippen LogP contribution in [0.3, 0.4) is 0 Å². The maximum atomic E-state index is 12.7. The summed E-state index contributed by atoms with van der Waals surface area (Å²) in [6.45, 7) is 3.18. The van der Waals surface area contributed by atoms with E-state index in [0.29, 0.717) is 30.2 Å². The second kappa shape index (κ2) is 10.9. The molecule has 1 atom stereocenters. The van der Waals surface area contributed by atoms with Crippen LogP contribution < -0.4 is 5.32 Å². The molecule has 1 aliphatic rings. The van der Waals surface area contributed by atoms with E-state index < -0.39 is 21.2 Å². The van der Waals surface area contributed by atoms with Crippen LogP contribution in [-0.2, 0) is 26.1 Å². The fourth-order valence-corrected chi connectivity index (χ4v) is 5.56. The Balaban J connectivity index is 1.53. The van der Waals surface area contributed by atoms with Gasteiger partial charge in [-0.15, -0.1) is 0 Å². The Bertz CT molecular complexity index is 1030. The van der Waals surface area contributed by atoms with Gasteiger partial charge < -0.3 is 10.1 Å². The number of aromatic nitrogens is 1. The van der Waals surface area contributed by atoms with Crippen LogP contribution in [0.1, 0.15) is 42.1 Å². The Labute approximate surface area is 192 Å². The van der Waals surface area contributed by atoms with Gasteiger partial charge in [0.15, 0.2) is 0 Å². The monoisotopic (exact) mass is 477 g/mol. The predicted octanol–water partition coefficient (Wildman–Crippen LogP) is 2.84. The lowest BCUT2D eigenvalue weighted by Crippen LogP contribution is -2.35. The van der Waals surface area contributed by atoms with Gasteiger partial charge in [0.1, 0.15) is 4.90 Å². The molecule has 1 N–H and O–H groups in total. The standard InChI is InChI=1S/C22H27N3O5S2/c1-16(21(26)24-14-17-6-8-18(9-7-17)22(27)30-2)31-20-11-10-19(15-23-20)32(28,29)25-12-4-3-5-13-25/h6-11,15-16H,3-5,12-14H2,1-2H3,(H,24,26). The molecule has 1 fully saturated rings. The first-order chi connectivity index (χ1) is 15.3. The molecule has 0 saturated carbocycles. The van der Waals surface area contributed by atoms with Gasteiger partial charge >= 0.3 is 5.97 Å². The molecule has 1 aromatic carbocycles. The topological polar surface area (TPSA) is 106 Å². The summed E-state index contributed by atoms with van der Waals surface area (Å²) in [5.74, 6) is -0.577. The number of esters is 1. The molecule has 0 radical (unpaired) electrons. The highest BCUT2D eigenvalue weighted by molar-refractivity contribution is 8.00. The number of benzene rings is 1. The molecule has 2 aromatic rings. The first-order valence-corrected chi connectivity index (χ1v) is 12.7. The van der Waals surface area contributed by atoms with E-state index in [-0.39, 0.29) is 10.8 Å². The van der Waals surface area contributed by atoms with Crippen molar-refractivity contribution in [3.8, 4) is 0 Å². The number of hydrogen-bond donors (Lipinski definition) is 1. The molecular weight excluding hydrogens is 450 g/mol. The molecule has 8 nitrogen and oxygen atoms in total. The molecule has 0 aliphatic carbocycles. The maximum absolute atomic E-state index is 12.7. The number of nitrogens with zero attached hydrogens (tertiary/aromatic N) is 2. The second-order valence-corrected chi connectivity index (χ2v) is 10.8. The summed E-state index contributed by atoms with van der Waals surface area (Å²) in [5, 5.41) is 3.02. The summed E-state index contributed by atoms with van der Waals surface area (Å²) in [7, 11) is -2.19. The molecule has 2 heterocycles. The van der Waals surface area contributed by atoms with Gasteiger partial charge in [-0.25, -0.2) is 18.2 Å². The Morgan fingerprint density at radius 1 is 1.12 bits per heavy atom. The number of carbonyl (C=O) groups excluding carboxylic acids is 2. The molecular formula is C22H27N3O5S2. The van der Waals surface area contributed by atoms with E-state index in [1.54, 1.807) is 43.3 Å². The minimum absolute atomic E-state index is 0.168. The summed E-state index contributed by atoms with van der Waals surface area (Å²) in [4.78, 5) is 28.3. The molecule has 1 aliphatic heterocycles. The highest BCUT2D eigenvalue weighted by atomic mass is 32.2. The zero-order chi connectivity index (χ0) is 23.1. The number of rotatable bonds is 8. The number of amides is 1. The summed E-state index contributed by atoms with van der Waals surface area (Å²) in [6, 6.07) is 9.99. The number of sulfonamides is 1. The van der Waals surface area contributed by atoms with E-state index in [9.17, 15) is 18.0 Å². The normalized spacial score (nSPS) is 15.7. The number of ether oxygens (including phenoxy) is 1. The van der Waals surface area contributed by atoms with Gasteiger partial charge in [0, 0.05) is 25.8 Å². The molecule has 1 unspecified atom stereocenters. The van der Waals surface area contributed by atoms with E-state index in [1.165, 1.54) is 29.4 Å². The molecule has 32 heavy (non-hydrogen) atoms. The van der Waals surface area contributed by atoms with Crippen molar-refractivity contribution < 1.29 is 22.7 Å². The van der Waals surface area contributed by atoms with Gasteiger partial charge in [-0.2, -0.15) is 4.31 Å². The maximum Gasteiger partial charge on any atom is 0.337 e. The van der Waals surface area contributed by atoms with Gasteiger partial charge in [-0.1, -0.05) is 30.3 Å². The van der Waals surface area contributed by atoms with Gasteiger partial charge in [0.25, 0.3) is 0 Å². The lowest BCUT2D eigenvalue weighted by molar-refractivity contribution is -0.120. The van der Waals surface area contributed by atoms with Gasteiger partial charge in [0.05, 0.1) is 22.9 Å². The Hall–Kier alpha value is -2.43. The summed E-state index contributed by atoms with van der Waals surface area (Å²) in [5.41, 5.74) is 1.30. The number of thioether (sulfide) groups is 1. The molecule has 0 spiro atoms. The predicted molar refractivity (Wildman–Crippen MR) is 122 cm³/mol. The number of piperidine rings is 1. The number of pyridine rings is 1. The quantitative estimate of drug-likeness (QED) is 0.460. The third kappa shape index (κ3) is 6.08. The van der Waals surface area contributed by atoms with Crippen LogP contribution in [0.5, 0.6) is 0 Å². The molecule has 0 bridgehead atoms. The Morgan fingerprint density at radius 3 is 2.41 bits per heavy atom. The number of hydrogen-bond acceptors (Lipinski definition) is 7. The fourth-order valence-electron chi connectivity index (χ4n) is 3.29. The Morgan fingerprint density at radius 2 is 1.81 bits per heavy atom. The van der Waals surface area contributed by atoms with Crippen LogP contribution in [0.15, 0.2) is 52.5 Å². The molecule has 1 amide bonds. The SMILES string of the molecule is COC(=O)c1ccc(CNC(=O)C(C)Sc2ccc(S(=O)(=O)N3CCCCC3)cn2)cc1. The Kier molecular flexibility index (Phi) is 8.27. The van der Waals surface area contributed by atoms with Gasteiger partial charge in [0.2, 0.25) is 15.9 Å². The van der Waals surface area contributed by atoms with Crippen LogP contribution in [0, 0.1) is 0 Å². The summed E-state index contributed by atoms with van der Waals surface area (Å²) in [6.07, 6.45) is 4.17. The summed E-state index contributed by atoms with van der Waals surface area (Å²) >= 11 is 1.26. The van der Waals surface area contributed by atoms with E-state index in [1.807, 2.05) is 0 Å². The van der Waals surface area contributed by atoms with Crippen molar-refractivity contribution in [1.82, 2.24) is 14.6 Å². The molecule has 10 heteroatoms. The van der Waals surface area contributed by atoms with Crippen molar-refractivity contribution in [3.05, 3.63) is 53.7 Å². The van der Waals surface area contributed by atoms with Crippen LogP contribution in [0.2, 0.25) is 0 Å². The van der Waals surface area contributed by atoms with Gasteiger partial charge in [-0.3, -0.25) is 4.79 Å². The number of carbonyl (C=O) groups is 2. The van der Waals surface area contributed by atoms with Crippen LogP contribution in [-0.4, -0.2) is 55.0 Å². The molecule has 3 rings (SSSR count). The van der Waals surface area contributed by atoms with Crippen molar-refractivity contribution in [3.63, 3.8) is 0 Å². The van der Waals surface area contributed by atoms with Crippen LogP contribution in [0.25, 0.3) is 0 Å². The average Bonchev–Trinajstić information content (AvgIpc) is 2.83. The van der Waals surface area contributed by atoms with E-state index in [2.05, 4.69) is 15.0 Å². The molecule has 172 valence electrons. The smallest absolute Gasteiger partial charge is 0.337 e. The van der Waals surface area contributed by atoms with Crippen molar-refractivity contribution in [2.45, 2.75) is 47.9 Å². The minimum Gasteiger partial charge on any atom is -0.465 e. The highest BCUT2D eigenvalue weighted by Gasteiger charge is 2.26. The number of nitrogens with one attached hydrogen (secondary N) is 1. The van der Waals surface area contributed by atoms with Gasteiger partial charge in [-0.05, 0) is 49.6 Å². The van der Waals surface area contributed by atoms with Crippen LogP contribution in [0.4, 0.5) is 0 Å². The first-order valence-electron chi connectivity index (χ1n) is 10.4. The number of methoxy groups -OCH3 is 1. The molecule has 1 aromatic heterocycles. The first kappa shape index (κ1) is 24.2. The van der Waals surface area contributed by atoms with Crippen molar-refractivity contribution in [2.24, 2.45) is 0 Å². The van der Waals surface area contributed by atoms with E-state index in [0.717, 1.165) is 24.8 Å². The fraction of sp³-hybridized carbons (Fsp3) is 0.409.